The molecule has 72 valence electrons. The highest BCUT2D eigenvalue weighted by Crippen LogP contribution is 1.97. The zero-order chi connectivity index (χ0) is 9.94. The Morgan fingerprint density at radius 3 is 2.23 bits per heavy atom. The normalized spacial score (nSPS) is 8.46. The topological polar surface area (TPSA) is 29.5 Å². The molecule has 0 aliphatic heterocycles. The van der Waals surface area contributed by atoms with Crippen LogP contribution in [0.5, 0.6) is 0 Å². The molecule has 0 spiro atoms. The standard InChI is InChI=1S/C8H8.C3H8O2/c1-2-8-6-4-3-5-7-8;1-5-3-2-4/h2-7H,1H2;4H,2-3H2,1H3. The molecule has 1 rings (SSSR count). The van der Waals surface area contributed by atoms with E-state index in [0.717, 1.165) is 0 Å². The number of hydrogen-bond acceptors (Lipinski definition) is 2. The van der Waals surface area contributed by atoms with Crippen LogP contribution in [0.25, 0.3) is 6.08 Å². The Morgan fingerprint density at radius 1 is 1.38 bits per heavy atom. The summed E-state index contributed by atoms with van der Waals surface area (Å²) < 4.78 is 4.44. The van der Waals surface area contributed by atoms with E-state index in [0.29, 0.717) is 6.61 Å². The van der Waals surface area contributed by atoms with Crippen LogP contribution in [0, 0.1) is 0 Å². The summed E-state index contributed by atoms with van der Waals surface area (Å²) in [7, 11) is 1.55. The van der Waals surface area contributed by atoms with Crippen molar-refractivity contribution in [1.29, 1.82) is 0 Å². The molecule has 0 saturated heterocycles. The molecule has 1 N–H and O–H groups in total. The summed E-state index contributed by atoms with van der Waals surface area (Å²) in [6.45, 7) is 4.20. The minimum absolute atomic E-state index is 0.122. The molecule has 0 aromatic heterocycles. The molecule has 2 heteroatoms. The van der Waals surface area contributed by atoms with Crippen molar-refractivity contribution in [3.05, 3.63) is 42.5 Å². The Bertz CT molecular complexity index is 205. The van der Waals surface area contributed by atoms with Crippen molar-refractivity contribution in [2.24, 2.45) is 0 Å². The number of ether oxygens (including phenoxy) is 1. The molecule has 0 atom stereocenters. The van der Waals surface area contributed by atoms with Crippen LogP contribution >= 0.6 is 0 Å². The van der Waals surface area contributed by atoms with Gasteiger partial charge in [0.25, 0.3) is 0 Å². The van der Waals surface area contributed by atoms with Crippen LogP contribution in [0.4, 0.5) is 0 Å². The highest BCUT2D eigenvalue weighted by molar-refractivity contribution is 5.45. The summed E-state index contributed by atoms with van der Waals surface area (Å²) in [6.07, 6.45) is 1.83. The molecular formula is C11H16O2. The van der Waals surface area contributed by atoms with Gasteiger partial charge in [-0.1, -0.05) is 43.0 Å². The molecule has 0 saturated carbocycles. The molecule has 0 bridgehead atoms. The lowest BCUT2D eigenvalue weighted by molar-refractivity contribution is 0.135. The molecular weight excluding hydrogens is 164 g/mol. The van der Waals surface area contributed by atoms with Crippen molar-refractivity contribution < 1.29 is 9.84 Å². The number of aliphatic hydroxyl groups is 1. The van der Waals surface area contributed by atoms with Crippen LogP contribution in [-0.2, 0) is 4.74 Å². The van der Waals surface area contributed by atoms with E-state index in [9.17, 15) is 0 Å². The van der Waals surface area contributed by atoms with Gasteiger partial charge in [-0.3, -0.25) is 0 Å². The summed E-state index contributed by atoms with van der Waals surface area (Å²) in [6, 6.07) is 10.0. The fraction of sp³-hybridized carbons (Fsp3) is 0.273. The lowest BCUT2D eigenvalue weighted by Crippen LogP contribution is -1.91. The van der Waals surface area contributed by atoms with Crippen LogP contribution in [0.1, 0.15) is 5.56 Å². The molecule has 1 aromatic carbocycles. The average Bonchev–Trinajstić information content (AvgIpc) is 2.21. The molecule has 2 nitrogen and oxygen atoms in total. The van der Waals surface area contributed by atoms with E-state index in [4.69, 9.17) is 5.11 Å². The molecule has 13 heavy (non-hydrogen) atoms. The van der Waals surface area contributed by atoms with Gasteiger partial charge < -0.3 is 9.84 Å². The van der Waals surface area contributed by atoms with Crippen LogP contribution < -0.4 is 0 Å². The fourth-order valence-electron chi connectivity index (χ4n) is 0.680. The van der Waals surface area contributed by atoms with E-state index in [1.165, 1.54) is 5.56 Å². The molecule has 0 aliphatic carbocycles. The zero-order valence-electron chi connectivity index (χ0n) is 7.94. The lowest BCUT2D eigenvalue weighted by atomic mass is 10.2. The van der Waals surface area contributed by atoms with Gasteiger partial charge in [-0.25, -0.2) is 0 Å². The van der Waals surface area contributed by atoms with Crippen molar-refractivity contribution in [3.63, 3.8) is 0 Å². The lowest BCUT2D eigenvalue weighted by Gasteiger charge is -1.85. The average molecular weight is 180 g/mol. The Hall–Kier alpha value is -1.12. The summed E-state index contributed by atoms with van der Waals surface area (Å²) in [5.74, 6) is 0. The maximum Gasteiger partial charge on any atom is 0.0693 e. The summed E-state index contributed by atoms with van der Waals surface area (Å²) in [4.78, 5) is 0. The molecule has 0 fully saturated rings. The molecule has 0 unspecified atom stereocenters. The number of rotatable bonds is 3. The molecule has 0 radical (unpaired) electrons. The van der Waals surface area contributed by atoms with Crippen molar-refractivity contribution >= 4 is 6.08 Å². The van der Waals surface area contributed by atoms with Crippen molar-refractivity contribution in [3.8, 4) is 0 Å². The Kier molecular flexibility index (Phi) is 8.20. The maximum atomic E-state index is 7.94. The van der Waals surface area contributed by atoms with Gasteiger partial charge in [-0.2, -0.15) is 0 Å². The van der Waals surface area contributed by atoms with E-state index in [1.807, 2.05) is 36.4 Å². The van der Waals surface area contributed by atoms with Crippen LogP contribution in [-0.4, -0.2) is 25.4 Å². The predicted octanol–water partition coefficient (Wildman–Crippen LogP) is 1.95. The van der Waals surface area contributed by atoms with Crippen LogP contribution in [0.2, 0.25) is 0 Å². The number of hydrogen-bond donors (Lipinski definition) is 1. The van der Waals surface area contributed by atoms with Gasteiger partial charge in [0.05, 0.1) is 13.2 Å². The largest absolute Gasteiger partial charge is 0.394 e. The van der Waals surface area contributed by atoms with Gasteiger partial charge in [-0.05, 0) is 5.56 Å². The highest BCUT2D eigenvalue weighted by Gasteiger charge is 1.75. The van der Waals surface area contributed by atoms with Gasteiger partial charge in [0.2, 0.25) is 0 Å². The fourth-order valence-corrected chi connectivity index (χ4v) is 0.680. The van der Waals surface area contributed by atoms with Crippen molar-refractivity contribution in [2.45, 2.75) is 0 Å². The third-order valence-corrected chi connectivity index (χ3v) is 1.33. The zero-order valence-corrected chi connectivity index (χ0v) is 7.94. The van der Waals surface area contributed by atoms with Crippen LogP contribution in [0.15, 0.2) is 36.9 Å². The Morgan fingerprint density at radius 2 is 2.00 bits per heavy atom. The number of aliphatic hydroxyl groups excluding tert-OH is 1. The third-order valence-electron chi connectivity index (χ3n) is 1.33. The quantitative estimate of drug-likeness (QED) is 0.770. The van der Waals surface area contributed by atoms with E-state index in [2.05, 4.69) is 11.3 Å². The highest BCUT2D eigenvalue weighted by atomic mass is 16.5. The van der Waals surface area contributed by atoms with Crippen molar-refractivity contribution in [2.75, 3.05) is 20.3 Å². The van der Waals surface area contributed by atoms with Gasteiger partial charge >= 0.3 is 0 Å². The van der Waals surface area contributed by atoms with Gasteiger partial charge in [0.15, 0.2) is 0 Å². The van der Waals surface area contributed by atoms with E-state index >= 15 is 0 Å². The smallest absolute Gasteiger partial charge is 0.0693 e. The number of methoxy groups -OCH3 is 1. The summed E-state index contributed by atoms with van der Waals surface area (Å²) >= 11 is 0. The Balaban J connectivity index is 0.000000252. The minimum Gasteiger partial charge on any atom is -0.394 e. The van der Waals surface area contributed by atoms with Gasteiger partial charge in [-0.15, -0.1) is 0 Å². The maximum absolute atomic E-state index is 7.94. The van der Waals surface area contributed by atoms with Crippen molar-refractivity contribution in [1.82, 2.24) is 0 Å². The number of benzene rings is 1. The monoisotopic (exact) mass is 180 g/mol. The second-order valence-electron chi connectivity index (χ2n) is 2.33. The first-order chi connectivity index (χ1) is 6.35. The molecule has 0 amide bonds. The Labute approximate surface area is 79.5 Å². The first-order valence-corrected chi connectivity index (χ1v) is 4.12. The van der Waals surface area contributed by atoms with E-state index in [1.54, 1.807) is 7.11 Å². The van der Waals surface area contributed by atoms with Gasteiger partial charge in [0, 0.05) is 7.11 Å². The second kappa shape index (κ2) is 8.97. The van der Waals surface area contributed by atoms with Gasteiger partial charge in [0.1, 0.15) is 0 Å². The summed E-state index contributed by atoms with van der Waals surface area (Å²) in [5.41, 5.74) is 1.17. The second-order valence-corrected chi connectivity index (χ2v) is 2.33. The molecule has 0 heterocycles. The molecule has 0 aliphatic rings. The third kappa shape index (κ3) is 7.25. The first kappa shape index (κ1) is 11.9. The van der Waals surface area contributed by atoms with E-state index < -0.39 is 0 Å². The predicted molar refractivity (Wildman–Crippen MR) is 55.5 cm³/mol. The summed E-state index contributed by atoms with van der Waals surface area (Å²) in [5, 5.41) is 7.94. The SMILES string of the molecule is C=Cc1ccccc1.COCCO. The van der Waals surface area contributed by atoms with Crippen LogP contribution in [0.3, 0.4) is 0 Å². The molecule has 1 aromatic rings. The van der Waals surface area contributed by atoms with E-state index in [-0.39, 0.29) is 6.61 Å². The minimum atomic E-state index is 0.122. The first-order valence-electron chi connectivity index (χ1n) is 4.12.